The molecule has 1 heterocycles. The van der Waals surface area contributed by atoms with Gasteiger partial charge in [0.05, 0.1) is 0 Å². The Morgan fingerprint density at radius 1 is 1.29 bits per heavy atom. The largest absolute Gasteiger partial charge is 0.381 e. The number of hydrogen-bond acceptors (Lipinski definition) is 2. The molecule has 1 aliphatic heterocycles. The van der Waals surface area contributed by atoms with Gasteiger partial charge in [-0.25, -0.2) is 4.39 Å². The Labute approximate surface area is 112 Å². The SMILES string of the molecule is Cl.N[C@@H](c1cc(F)cc(Cl)c1)C1CCOCC1. The predicted octanol–water partition coefficient (Wildman–Crippen LogP) is 3.33. The average Bonchev–Trinajstić information content (AvgIpc) is 2.28. The molecule has 1 aromatic carbocycles. The van der Waals surface area contributed by atoms with E-state index in [1.54, 1.807) is 6.07 Å². The maximum atomic E-state index is 13.2. The zero-order valence-corrected chi connectivity index (χ0v) is 10.9. The minimum Gasteiger partial charge on any atom is -0.381 e. The molecule has 0 spiro atoms. The smallest absolute Gasteiger partial charge is 0.125 e. The minimum absolute atomic E-state index is 0. The fourth-order valence-corrected chi connectivity index (χ4v) is 2.34. The van der Waals surface area contributed by atoms with Crippen LogP contribution in [-0.4, -0.2) is 13.2 Å². The molecular weight excluding hydrogens is 264 g/mol. The number of ether oxygens (including phenoxy) is 1. The Balaban J connectivity index is 0.00000144. The van der Waals surface area contributed by atoms with E-state index >= 15 is 0 Å². The fourth-order valence-electron chi connectivity index (χ4n) is 2.11. The van der Waals surface area contributed by atoms with Gasteiger partial charge in [0.25, 0.3) is 0 Å². The van der Waals surface area contributed by atoms with Crippen molar-refractivity contribution in [2.45, 2.75) is 18.9 Å². The lowest BCUT2D eigenvalue weighted by Gasteiger charge is -2.28. The number of nitrogens with two attached hydrogens (primary N) is 1. The summed E-state index contributed by atoms with van der Waals surface area (Å²) in [6, 6.07) is 4.34. The molecular formula is C12H16Cl2FNO. The predicted molar refractivity (Wildman–Crippen MR) is 69.1 cm³/mol. The molecule has 0 saturated carbocycles. The summed E-state index contributed by atoms with van der Waals surface area (Å²) in [6.45, 7) is 1.48. The molecule has 2 nitrogen and oxygen atoms in total. The van der Waals surface area contributed by atoms with Crippen LogP contribution in [0.1, 0.15) is 24.4 Å². The van der Waals surface area contributed by atoms with Crippen molar-refractivity contribution in [1.82, 2.24) is 0 Å². The van der Waals surface area contributed by atoms with Crippen LogP contribution in [0.15, 0.2) is 18.2 Å². The Kier molecular flexibility index (Phi) is 5.67. The summed E-state index contributed by atoms with van der Waals surface area (Å²) in [5.74, 6) is 0.0247. The highest BCUT2D eigenvalue weighted by Gasteiger charge is 2.22. The van der Waals surface area contributed by atoms with E-state index in [2.05, 4.69) is 0 Å². The second kappa shape index (κ2) is 6.55. The lowest BCUT2D eigenvalue weighted by molar-refractivity contribution is 0.0583. The highest BCUT2D eigenvalue weighted by molar-refractivity contribution is 6.30. The average molecular weight is 280 g/mol. The van der Waals surface area contributed by atoms with Crippen LogP contribution < -0.4 is 5.73 Å². The fraction of sp³-hybridized carbons (Fsp3) is 0.500. The van der Waals surface area contributed by atoms with Crippen molar-refractivity contribution in [3.05, 3.63) is 34.6 Å². The first-order valence-electron chi connectivity index (χ1n) is 5.46. The van der Waals surface area contributed by atoms with E-state index in [4.69, 9.17) is 22.1 Å². The molecule has 2 N–H and O–H groups in total. The summed E-state index contributed by atoms with van der Waals surface area (Å²) in [7, 11) is 0. The summed E-state index contributed by atoms with van der Waals surface area (Å²) in [5.41, 5.74) is 6.90. The Morgan fingerprint density at radius 3 is 2.53 bits per heavy atom. The van der Waals surface area contributed by atoms with Crippen LogP contribution in [0.5, 0.6) is 0 Å². The highest BCUT2D eigenvalue weighted by Crippen LogP contribution is 2.29. The van der Waals surface area contributed by atoms with Crippen molar-refractivity contribution in [2.24, 2.45) is 11.7 Å². The molecule has 17 heavy (non-hydrogen) atoms. The van der Waals surface area contributed by atoms with Crippen LogP contribution in [0.25, 0.3) is 0 Å². The Bertz CT molecular complexity index is 349. The maximum absolute atomic E-state index is 13.2. The first kappa shape index (κ1) is 14.7. The zero-order chi connectivity index (χ0) is 11.5. The molecule has 0 radical (unpaired) electrons. The summed E-state index contributed by atoms with van der Waals surface area (Å²) < 4.78 is 18.5. The van der Waals surface area contributed by atoms with Gasteiger partial charge in [-0.3, -0.25) is 0 Å². The van der Waals surface area contributed by atoms with E-state index in [9.17, 15) is 4.39 Å². The second-order valence-electron chi connectivity index (χ2n) is 4.18. The van der Waals surface area contributed by atoms with Crippen LogP contribution in [0, 0.1) is 11.7 Å². The lowest BCUT2D eigenvalue weighted by atomic mass is 9.88. The Hall–Kier alpha value is -0.350. The highest BCUT2D eigenvalue weighted by atomic mass is 35.5. The van der Waals surface area contributed by atoms with Gasteiger partial charge in [0.15, 0.2) is 0 Å². The molecule has 0 aromatic heterocycles. The molecule has 2 rings (SSSR count). The molecule has 1 aliphatic rings. The number of benzene rings is 1. The molecule has 1 fully saturated rings. The van der Waals surface area contributed by atoms with E-state index < -0.39 is 0 Å². The van der Waals surface area contributed by atoms with Gasteiger partial charge in [0.1, 0.15) is 5.82 Å². The van der Waals surface area contributed by atoms with Crippen molar-refractivity contribution in [3.8, 4) is 0 Å². The number of rotatable bonds is 2. The molecule has 0 unspecified atom stereocenters. The van der Waals surface area contributed by atoms with E-state index in [-0.39, 0.29) is 24.3 Å². The summed E-state index contributed by atoms with van der Waals surface area (Å²) >= 11 is 5.81. The lowest BCUT2D eigenvalue weighted by Crippen LogP contribution is -2.27. The number of halogens is 3. The molecule has 0 aliphatic carbocycles. The van der Waals surface area contributed by atoms with E-state index in [1.165, 1.54) is 12.1 Å². The minimum atomic E-state index is -0.329. The molecule has 1 atom stereocenters. The van der Waals surface area contributed by atoms with Crippen LogP contribution in [-0.2, 0) is 4.74 Å². The monoisotopic (exact) mass is 279 g/mol. The van der Waals surface area contributed by atoms with E-state index in [0.717, 1.165) is 31.6 Å². The first-order chi connectivity index (χ1) is 7.66. The second-order valence-corrected chi connectivity index (χ2v) is 4.61. The third kappa shape index (κ3) is 3.81. The first-order valence-corrected chi connectivity index (χ1v) is 5.84. The van der Waals surface area contributed by atoms with Crippen LogP contribution in [0.2, 0.25) is 5.02 Å². The van der Waals surface area contributed by atoms with Gasteiger partial charge in [0, 0.05) is 24.3 Å². The third-order valence-corrected chi connectivity index (χ3v) is 3.26. The van der Waals surface area contributed by atoms with Crippen molar-refractivity contribution in [3.63, 3.8) is 0 Å². The molecule has 1 saturated heterocycles. The van der Waals surface area contributed by atoms with Crippen LogP contribution >= 0.6 is 24.0 Å². The molecule has 1 aromatic rings. The van der Waals surface area contributed by atoms with Gasteiger partial charge in [-0.15, -0.1) is 12.4 Å². The quantitative estimate of drug-likeness (QED) is 0.901. The normalized spacial score (nSPS) is 18.5. The summed E-state index contributed by atoms with van der Waals surface area (Å²) in [5, 5.41) is 0.400. The molecule has 96 valence electrons. The zero-order valence-electron chi connectivity index (χ0n) is 9.36. The van der Waals surface area contributed by atoms with Gasteiger partial charge in [-0.05, 0) is 42.5 Å². The van der Waals surface area contributed by atoms with Crippen molar-refractivity contribution >= 4 is 24.0 Å². The Morgan fingerprint density at radius 2 is 1.94 bits per heavy atom. The van der Waals surface area contributed by atoms with E-state index in [0.29, 0.717) is 10.9 Å². The number of hydrogen-bond donors (Lipinski definition) is 1. The van der Waals surface area contributed by atoms with Gasteiger partial charge in [-0.1, -0.05) is 11.6 Å². The van der Waals surface area contributed by atoms with Crippen molar-refractivity contribution in [2.75, 3.05) is 13.2 Å². The van der Waals surface area contributed by atoms with Gasteiger partial charge in [0.2, 0.25) is 0 Å². The summed E-state index contributed by atoms with van der Waals surface area (Å²) in [6.07, 6.45) is 1.85. The molecule has 0 bridgehead atoms. The van der Waals surface area contributed by atoms with Crippen molar-refractivity contribution < 1.29 is 9.13 Å². The van der Waals surface area contributed by atoms with Gasteiger partial charge < -0.3 is 10.5 Å². The van der Waals surface area contributed by atoms with Gasteiger partial charge >= 0.3 is 0 Å². The summed E-state index contributed by atoms with van der Waals surface area (Å²) in [4.78, 5) is 0. The maximum Gasteiger partial charge on any atom is 0.125 e. The molecule has 0 amide bonds. The van der Waals surface area contributed by atoms with Crippen LogP contribution in [0.3, 0.4) is 0 Å². The van der Waals surface area contributed by atoms with Crippen molar-refractivity contribution in [1.29, 1.82) is 0 Å². The van der Waals surface area contributed by atoms with Crippen LogP contribution in [0.4, 0.5) is 4.39 Å². The third-order valence-electron chi connectivity index (χ3n) is 3.04. The topological polar surface area (TPSA) is 35.2 Å². The van der Waals surface area contributed by atoms with Gasteiger partial charge in [-0.2, -0.15) is 0 Å². The standard InChI is InChI=1S/C12H15ClFNO.ClH/c13-10-5-9(6-11(14)7-10)12(15)8-1-3-16-4-2-8;/h5-8,12H,1-4,15H2;1H/t12-;/m1./s1. The molecule has 5 heteroatoms. The van der Waals surface area contributed by atoms with E-state index in [1.807, 2.05) is 0 Å².